The van der Waals surface area contributed by atoms with Crippen LogP contribution in [0.15, 0.2) is 12.3 Å². The van der Waals surface area contributed by atoms with E-state index in [1.54, 1.807) is 6.20 Å². The number of nitrogens with zero attached hydrogens (tertiary/aromatic N) is 3. The molecule has 1 atom stereocenters. The van der Waals surface area contributed by atoms with Crippen molar-refractivity contribution in [1.82, 2.24) is 15.3 Å². The Bertz CT molecular complexity index is 482. The molecule has 6 heteroatoms. The molecule has 1 unspecified atom stereocenters. The summed E-state index contributed by atoms with van der Waals surface area (Å²) in [5, 5.41) is 2.94. The molecule has 1 aromatic rings. The van der Waals surface area contributed by atoms with Crippen molar-refractivity contribution in [2.45, 2.75) is 32.2 Å². The van der Waals surface area contributed by atoms with E-state index >= 15 is 0 Å². The van der Waals surface area contributed by atoms with Crippen molar-refractivity contribution in [2.75, 3.05) is 31.2 Å². The number of anilines is 1. The van der Waals surface area contributed by atoms with E-state index in [-0.39, 0.29) is 11.8 Å². The van der Waals surface area contributed by atoms with Crippen LogP contribution in [0, 0.1) is 5.92 Å². The topological polar surface area (TPSA) is 67.4 Å². The minimum Gasteiger partial charge on any atom is -0.381 e. The Hall–Kier alpha value is -1.69. The van der Waals surface area contributed by atoms with Gasteiger partial charge in [-0.15, -0.1) is 0 Å². The first-order chi connectivity index (χ1) is 10.3. The summed E-state index contributed by atoms with van der Waals surface area (Å²) in [5.74, 6) is 0.838. The molecule has 2 aliphatic rings. The molecule has 0 aliphatic carbocycles. The van der Waals surface area contributed by atoms with Crippen LogP contribution in [0.25, 0.3) is 0 Å². The summed E-state index contributed by atoms with van der Waals surface area (Å²) in [6.45, 7) is 3.72. The van der Waals surface area contributed by atoms with E-state index in [0.717, 1.165) is 31.2 Å². The van der Waals surface area contributed by atoms with Crippen molar-refractivity contribution in [3.8, 4) is 0 Å². The lowest BCUT2D eigenvalue weighted by molar-refractivity contribution is -0.125. The molecule has 1 amide bonds. The van der Waals surface area contributed by atoms with Crippen molar-refractivity contribution in [3.63, 3.8) is 0 Å². The average Bonchev–Trinajstić information content (AvgIpc) is 3.08. The Balaban J connectivity index is 1.56. The first kappa shape index (κ1) is 14.3. The van der Waals surface area contributed by atoms with Crippen LogP contribution in [0.3, 0.4) is 0 Å². The zero-order valence-corrected chi connectivity index (χ0v) is 12.3. The number of carbonyl (C=O) groups is 1. The molecule has 1 N–H and O–H groups in total. The van der Waals surface area contributed by atoms with Gasteiger partial charge in [-0.3, -0.25) is 4.79 Å². The number of hydrogen-bond donors (Lipinski definition) is 1. The maximum atomic E-state index is 12.0. The van der Waals surface area contributed by atoms with Crippen LogP contribution in [0.5, 0.6) is 0 Å². The van der Waals surface area contributed by atoms with Gasteiger partial charge in [-0.2, -0.15) is 0 Å². The standard InChI is InChI=1S/C15H22N4O2/c20-14(12-5-9-21-11-12)17-10-13-4-6-16-15(18-13)19-7-2-1-3-8-19/h4,6,12H,1-3,5,7-11H2,(H,17,20). The molecule has 0 spiro atoms. The zero-order valence-electron chi connectivity index (χ0n) is 12.3. The highest BCUT2D eigenvalue weighted by Gasteiger charge is 2.23. The van der Waals surface area contributed by atoms with E-state index in [9.17, 15) is 4.79 Å². The Morgan fingerprint density at radius 2 is 2.24 bits per heavy atom. The number of amides is 1. The minimum absolute atomic E-state index is 0.00611. The SMILES string of the molecule is O=C(NCc1ccnc(N2CCCCC2)n1)C1CCOC1. The van der Waals surface area contributed by atoms with Gasteiger partial charge in [0.2, 0.25) is 11.9 Å². The first-order valence-corrected chi connectivity index (χ1v) is 7.75. The second-order valence-electron chi connectivity index (χ2n) is 5.67. The summed E-state index contributed by atoms with van der Waals surface area (Å²) < 4.78 is 5.24. The van der Waals surface area contributed by atoms with Crippen LogP contribution in [0.2, 0.25) is 0 Å². The van der Waals surface area contributed by atoms with Gasteiger partial charge in [0.15, 0.2) is 0 Å². The summed E-state index contributed by atoms with van der Waals surface area (Å²) in [4.78, 5) is 23.1. The Morgan fingerprint density at radius 1 is 1.38 bits per heavy atom. The number of ether oxygens (including phenoxy) is 1. The van der Waals surface area contributed by atoms with E-state index in [1.165, 1.54) is 19.3 Å². The molecular formula is C15H22N4O2. The third-order valence-corrected chi connectivity index (χ3v) is 4.08. The van der Waals surface area contributed by atoms with Crippen molar-refractivity contribution >= 4 is 11.9 Å². The highest BCUT2D eigenvalue weighted by molar-refractivity contribution is 5.78. The van der Waals surface area contributed by atoms with E-state index in [4.69, 9.17) is 4.74 Å². The average molecular weight is 290 g/mol. The van der Waals surface area contributed by atoms with Crippen LogP contribution in [-0.4, -0.2) is 42.2 Å². The van der Waals surface area contributed by atoms with Crippen LogP contribution in [-0.2, 0) is 16.1 Å². The number of rotatable bonds is 4. The van der Waals surface area contributed by atoms with Gasteiger partial charge in [0.1, 0.15) is 0 Å². The van der Waals surface area contributed by atoms with Crippen molar-refractivity contribution in [1.29, 1.82) is 0 Å². The molecule has 2 saturated heterocycles. The first-order valence-electron chi connectivity index (χ1n) is 7.75. The quantitative estimate of drug-likeness (QED) is 0.900. The molecule has 2 fully saturated rings. The molecule has 114 valence electrons. The van der Waals surface area contributed by atoms with Gasteiger partial charge < -0.3 is 15.0 Å². The van der Waals surface area contributed by atoms with Crippen LogP contribution >= 0.6 is 0 Å². The molecule has 0 aromatic carbocycles. The molecule has 0 bridgehead atoms. The van der Waals surface area contributed by atoms with Gasteiger partial charge in [0.05, 0.1) is 24.8 Å². The normalized spacial score (nSPS) is 22.3. The fourth-order valence-corrected chi connectivity index (χ4v) is 2.79. The van der Waals surface area contributed by atoms with Crippen LogP contribution in [0.4, 0.5) is 5.95 Å². The lowest BCUT2D eigenvalue weighted by Gasteiger charge is -2.26. The number of carbonyl (C=O) groups excluding carboxylic acids is 1. The summed E-state index contributed by atoms with van der Waals surface area (Å²) in [6, 6.07) is 1.86. The highest BCUT2D eigenvalue weighted by Crippen LogP contribution is 2.16. The summed E-state index contributed by atoms with van der Waals surface area (Å²) in [5.41, 5.74) is 0.859. The summed E-state index contributed by atoms with van der Waals surface area (Å²) >= 11 is 0. The van der Waals surface area contributed by atoms with Gasteiger partial charge in [0, 0.05) is 25.9 Å². The van der Waals surface area contributed by atoms with Gasteiger partial charge >= 0.3 is 0 Å². The van der Waals surface area contributed by atoms with Crippen molar-refractivity contribution in [2.24, 2.45) is 5.92 Å². The highest BCUT2D eigenvalue weighted by atomic mass is 16.5. The number of aromatic nitrogens is 2. The largest absolute Gasteiger partial charge is 0.381 e. The molecule has 1 aromatic heterocycles. The second kappa shape index (κ2) is 6.85. The van der Waals surface area contributed by atoms with Crippen molar-refractivity contribution < 1.29 is 9.53 Å². The zero-order chi connectivity index (χ0) is 14.5. The van der Waals surface area contributed by atoms with Gasteiger partial charge in [-0.05, 0) is 31.7 Å². The molecule has 3 rings (SSSR count). The van der Waals surface area contributed by atoms with Gasteiger partial charge in [-0.25, -0.2) is 9.97 Å². The Morgan fingerprint density at radius 3 is 3.00 bits per heavy atom. The molecule has 2 aliphatic heterocycles. The molecule has 6 nitrogen and oxygen atoms in total. The molecule has 0 saturated carbocycles. The summed E-state index contributed by atoms with van der Waals surface area (Å²) in [6.07, 6.45) is 6.28. The second-order valence-corrected chi connectivity index (χ2v) is 5.67. The predicted molar refractivity (Wildman–Crippen MR) is 78.9 cm³/mol. The number of nitrogens with one attached hydrogen (secondary N) is 1. The maximum Gasteiger partial charge on any atom is 0.225 e. The minimum atomic E-state index is -0.00611. The fraction of sp³-hybridized carbons (Fsp3) is 0.667. The lowest BCUT2D eigenvalue weighted by atomic mass is 10.1. The number of hydrogen-bond acceptors (Lipinski definition) is 5. The lowest BCUT2D eigenvalue weighted by Crippen LogP contribution is -2.32. The third kappa shape index (κ3) is 3.69. The van der Waals surface area contributed by atoms with E-state index < -0.39 is 0 Å². The van der Waals surface area contributed by atoms with Crippen LogP contribution < -0.4 is 10.2 Å². The molecule has 21 heavy (non-hydrogen) atoms. The smallest absolute Gasteiger partial charge is 0.225 e. The third-order valence-electron chi connectivity index (χ3n) is 4.08. The van der Waals surface area contributed by atoms with E-state index in [1.807, 2.05) is 6.07 Å². The van der Waals surface area contributed by atoms with Crippen molar-refractivity contribution in [3.05, 3.63) is 18.0 Å². The molecule has 0 radical (unpaired) electrons. The fourth-order valence-electron chi connectivity index (χ4n) is 2.79. The summed E-state index contributed by atoms with van der Waals surface area (Å²) in [7, 11) is 0. The van der Waals surface area contributed by atoms with Crippen LogP contribution in [0.1, 0.15) is 31.4 Å². The monoisotopic (exact) mass is 290 g/mol. The van der Waals surface area contributed by atoms with E-state index in [2.05, 4.69) is 20.2 Å². The molecular weight excluding hydrogens is 268 g/mol. The molecule has 3 heterocycles. The predicted octanol–water partition coefficient (Wildman–Crippen LogP) is 1.12. The maximum absolute atomic E-state index is 12.0. The Labute approximate surface area is 124 Å². The van der Waals surface area contributed by atoms with Gasteiger partial charge in [-0.1, -0.05) is 0 Å². The van der Waals surface area contributed by atoms with Gasteiger partial charge in [0.25, 0.3) is 0 Å². The number of piperidine rings is 1. The van der Waals surface area contributed by atoms with E-state index in [0.29, 0.717) is 19.8 Å². The Kier molecular flexibility index (Phi) is 4.65.